The van der Waals surface area contributed by atoms with Crippen molar-refractivity contribution in [3.8, 4) is 11.4 Å². The van der Waals surface area contributed by atoms with Crippen LogP contribution in [0.3, 0.4) is 0 Å². The summed E-state index contributed by atoms with van der Waals surface area (Å²) in [5.41, 5.74) is 0.328. The Balaban J connectivity index is 1.87. The van der Waals surface area contributed by atoms with Crippen LogP contribution in [0.1, 0.15) is 6.42 Å². The Morgan fingerprint density at radius 1 is 1.30 bits per heavy atom. The molecule has 3 heterocycles. The summed E-state index contributed by atoms with van der Waals surface area (Å²) < 4.78 is 1.41. The zero-order valence-electron chi connectivity index (χ0n) is 10.8. The van der Waals surface area contributed by atoms with Gasteiger partial charge < -0.3 is 15.1 Å². The highest BCUT2D eigenvalue weighted by molar-refractivity contribution is 5.44. The number of hydrogen-bond donors (Lipinski definition) is 2. The van der Waals surface area contributed by atoms with Gasteiger partial charge in [0.15, 0.2) is 0 Å². The molecule has 6 heteroatoms. The topological polar surface area (TPSA) is 78.6 Å². The van der Waals surface area contributed by atoms with Crippen LogP contribution in [0, 0.1) is 0 Å². The van der Waals surface area contributed by atoms with E-state index in [9.17, 15) is 15.0 Å². The van der Waals surface area contributed by atoms with Crippen LogP contribution < -0.4 is 10.5 Å². The summed E-state index contributed by atoms with van der Waals surface area (Å²) in [6.07, 6.45) is 3.57. The van der Waals surface area contributed by atoms with E-state index in [1.54, 1.807) is 12.3 Å². The van der Waals surface area contributed by atoms with Crippen LogP contribution in [0.15, 0.2) is 41.5 Å². The number of aliphatic hydroxyl groups is 1. The molecule has 1 saturated heterocycles. The first kappa shape index (κ1) is 12.7. The Morgan fingerprint density at radius 3 is 2.75 bits per heavy atom. The van der Waals surface area contributed by atoms with Crippen LogP contribution in [0.2, 0.25) is 0 Å². The molecule has 1 aliphatic rings. The minimum absolute atomic E-state index is 0.0538. The van der Waals surface area contributed by atoms with Crippen LogP contribution in [0.25, 0.3) is 5.69 Å². The molecule has 1 fully saturated rings. The minimum atomic E-state index is -0.309. The van der Waals surface area contributed by atoms with Crippen LogP contribution in [0.4, 0.5) is 5.82 Å². The predicted octanol–water partition coefficient (Wildman–Crippen LogP) is 0.509. The fourth-order valence-corrected chi connectivity index (χ4v) is 2.34. The summed E-state index contributed by atoms with van der Waals surface area (Å²) in [5, 5.41) is 18.8. The number of pyridine rings is 2. The van der Waals surface area contributed by atoms with E-state index in [0.717, 1.165) is 24.8 Å². The highest BCUT2D eigenvalue weighted by atomic mass is 16.3. The molecule has 1 aliphatic heterocycles. The fraction of sp³-hybridized carbons (Fsp3) is 0.286. The molecule has 1 atom stereocenters. The van der Waals surface area contributed by atoms with Crippen molar-refractivity contribution in [1.29, 1.82) is 0 Å². The van der Waals surface area contributed by atoms with E-state index in [2.05, 4.69) is 4.98 Å². The molecule has 0 radical (unpaired) electrons. The molecule has 0 aliphatic carbocycles. The van der Waals surface area contributed by atoms with Crippen molar-refractivity contribution in [1.82, 2.24) is 9.55 Å². The molecule has 2 aromatic rings. The molecule has 0 spiro atoms. The Hall–Kier alpha value is -2.34. The van der Waals surface area contributed by atoms with Crippen LogP contribution in [0.5, 0.6) is 5.75 Å². The summed E-state index contributed by atoms with van der Waals surface area (Å²) >= 11 is 0. The van der Waals surface area contributed by atoms with Gasteiger partial charge in [-0.1, -0.05) is 0 Å². The molecule has 2 aromatic heterocycles. The van der Waals surface area contributed by atoms with Crippen molar-refractivity contribution in [3.63, 3.8) is 0 Å². The number of nitrogens with zero attached hydrogens (tertiary/aromatic N) is 3. The maximum absolute atomic E-state index is 11.8. The van der Waals surface area contributed by atoms with Gasteiger partial charge >= 0.3 is 0 Å². The Bertz CT molecular complexity index is 666. The molecule has 2 N–H and O–H groups in total. The van der Waals surface area contributed by atoms with E-state index in [1.165, 1.54) is 16.8 Å². The van der Waals surface area contributed by atoms with Gasteiger partial charge in [-0.05, 0) is 24.6 Å². The second kappa shape index (κ2) is 4.97. The van der Waals surface area contributed by atoms with Gasteiger partial charge in [-0.25, -0.2) is 4.98 Å². The first-order valence-corrected chi connectivity index (χ1v) is 6.44. The maximum atomic E-state index is 11.8. The van der Waals surface area contributed by atoms with Crippen molar-refractivity contribution in [3.05, 3.63) is 47.0 Å². The molecule has 6 nitrogen and oxygen atoms in total. The lowest BCUT2D eigenvalue weighted by Crippen LogP contribution is -2.22. The van der Waals surface area contributed by atoms with Crippen molar-refractivity contribution in [2.45, 2.75) is 12.5 Å². The van der Waals surface area contributed by atoms with Gasteiger partial charge in [-0.15, -0.1) is 0 Å². The molecule has 0 bridgehead atoms. The smallest absolute Gasteiger partial charge is 0.258 e. The van der Waals surface area contributed by atoms with Gasteiger partial charge in [-0.3, -0.25) is 9.36 Å². The van der Waals surface area contributed by atoms with Crippen molar-refractivity contribution < 1.29 is 10.2 Å². The molecular formula is C14H15N3O3. The number of β-amino-alcohol motifs (C(OH)–C–C–N with tert-alkyl or cyclic N) is 1. The lowest BCUT2D eigenvalue weighted by Gasteiger charge is -2.16. The fourth-order valence-electron chi connectivity index (χ4n) is 2.34. The van der Waals surface area contributed by atoms with E-state index in [0.29, 0.717) is 12.2 Å². The lowest BCUT2D eigenvalue weighted by molar-refractivity contribution is 0.198. The number of aliphatic hydroxyl groups excluding tert-OH is 1. The molecule has 20 heavy (non-hydrogen) atoms. The molecule has 3 rings (SSSR count). The summed E-state index contributed by atoms with van der Waals surface area (Å²) in [6, 6.07) is 6.23. The van der Waals surface area contributed by atoms with Crippen molar-refractivity contribution in [2.75, 3.05) is 18.0 Å². The largest absolute Gasteiger partial charge is 0.508 e. The molecule has 0 saturated carbocycles. The second-order valence-corrected chi connectivity index (χ2v) is 4.86. The molecular weight excluding hydrogens is 258 g/mol. The first-order valence-electron chi connectivity index (χ1n) is 6.44. The first-order chi connectivity index (χ1) is 9.63. The predicted molar refractivity (Wildman–Crippen MR) is 74.3 cm³/mol. The van der Waals surface area contributed by atoms with Gasteiger partial charge in [0, 0.05) is 25.4 Å². The zero-order valence-corrected chi connectivity index (χ0v) is 10.8. The van der Waals surface area contributed by atoms with E-state index in [-0.39, 0.29) is 17.4 Å². The summed E-state index contributed by atoms with van der Waals surface area (Å²) in [6.45, 7) is 1.37. The normalized spacial score (nSPS) is 18.4. The molecule has 0 aromatic carbocycles. The Labute approximate surface area is 115 Å². The Kier molecular flexibility index (Phi) is 3.15. The number of anilines is 1. The monoisotopic (exact) mass is 273 g/mol. The summed E-state index contributed by atoms with van der Waals surface area (Å²) in [4.78, 5) is 18.1. The van der Waals surface area contributed by atoms with E-state index in [4.69, 9.17) is 0 Å². The van der Waals surface area contributed by atoms with Gasteiger partial charge in [0.25, 0.3) is 5.56 Å². The number of aromatic nitrogens is 2. The average molecular weight is 273 g/mol. The van der Waals surface area contributed by atoms with Crippen LogP contribution in [-0.2, 0) is 0 Å². The Morgan fingerprint density at radius 2 is 2.15 bits per heavy atom. The highest BCUT2D eigenvalue weighted by Crippen LogP contribution is 2.19. The molecule has 0 amide bonds. The van der Waals surface area contributed by atoms with Crippen LogP contribution in [-0.4, -0.2) is 39.0 Å². The molecule has 104 valence electrons. The summed E-state index contributed by atoms with van der Waals surface area (Å²) in [7, 11) is 0. The van der Waals surface area contributed by atoms with Gasteiger partial charge in [0.1, 0.15) is 11.6 Å². The second-order valence-electron chi connectivity index (χ2n) is 4.86. The van der Waals surface area contributed by atoms with Gasteiger partial charge in [-0.2, -0.15) is 0 Å². The third kappa shape index (κ3) is 2.37. The van der Waals surface area contributed by atoms with E-state index in [1.807, 2.05) is 11.0 Å². The van der Waals surface area contributed by atoms with Crippen molar-refractivity contribution >= 4 is 5.82 Å². The van der Waals surface area contributed by atoms with E-state index < -0.39 is 0 Å². The van der Waals surface area contributed by atoms with Crippen LogP contribution >= 0.6 is 0 Å². The van der Waals surface area contributed by atoms with Crippen molar-refractivity contribution in [2.24, 2.45) is 0 Å². The quantitative estimate of drug-likeness (QED) is 0.833. The third-order valence-electron chi connectivity index (χ3n) is 3.40. The third-order valence-corrected chi connectivity index (χ3v) is 3.40. The zero-order chi connectivity index (χ0) is 14.1. The average Bonchev–Trinajstić information content (AvgIpc) is 2.86. The minimum Gasteiger partial charge on any atom is -0.508 e. The number of rotatable bonds is 2. The van der Waals surface area contributed by atoms with Gasteiger partial charge in [0.2, 0.25) is 0 Å². The van der Waals surface area contributed by atoms with Gasteiger partial charge in [0.05, 0.1) is 18.0 Å². The number of aromatic hydroxyl groups is 1. The molecule has 0 unspecified atom stereocenters. The lowest BCUT2D eigenvalue weighted by atomic mass is 10.3. The maximum Gasteiger partial charge on any atom is 0.258 e. The summed E-state index contributed by atoms with van der Waals surface area (Å²) in [5.74, 6) is 0.735. The SMILES string of the molecule is O=c1cc(O)ccn1-c1ccc(N2CC[C@@H](O)C2)nc1. The van der Waals surface area contributed by atoms with E-state index >= 15 is 0 Å². The highest BCUT2D eigenvalue weighted by Gasteiger charge is 2.21. The standard InChI is InChI=1S/C14H15N3O3/c18-11-4-6-17(14(20)7-11)10-1-2-13(15-8-10)16-5-3-12(19)9-16/h1-2,4,6-8,12,18-19H,3,5,9H2/t12-/m1/s1. The number of hydrogen-bond acceptors (Lipinski definition) is 5.